The zero-order valence-corrected chi connectivity index (χ0v) is 8.99. The number of hydrogen-bond acceptors (Lipinski definition) is 2. The Labute approximate surface area is 85.3 Å². The number of piperidine rings is 1. The molecule has 1 heterocycles. The fraction of sp³-hybridized carbons (Fsp3) is 0.900. The van der Waals surface area contributed by atoms with E-state index >= 15 is 0 Å². The third kappa shape index (κ3) is 3.54. The molecule has 0 unspecified atom stereocenters. The molecular formula is C10H20N2O2. The summed E-state index contributed by atoms with van der Waals surface area (Å²) in [6, 6.07) is -0.0437. The van der Waals surface area contributed by atoms with E-state index in [2.05, 4.69) is 12.2 Å². The summed E-state index contributed by atoms with van der Waals surface area (Å²) in [4.78, 5) is 13.3. The van der Waals surface area contributed by atoms with Crippen LogP contribution in [0.1, 0.15) is 26.7 Å². The van der Waals surface area contributed by atoms with Crippen molar-refractivity contribution in [2.24, 2.45) is 5.92 Å². The van der Waals surface area contributed by atoms with E-state index in [0.717, 1.165) is 31.8 Å². The van der Waals surface area contributed by atoms with Crippen molar-refractivity contribution in [3.63, 3.8) is 0 Å². The van der Waals surface area contributed by atoms with Crippen molar-refractivity contribution in [1.29, 1.82) is 0 Å². The van der Waals surface area contributed by atoms with Crippen LogP contribution in [0.4, 0.5) is 4.79 Å². The number of urea groups is 1. The van der Waals surface area contributed by atoms with Crippen LogP contribution in [0.15, 0.2) is 0 Å². The summed E-state index contributed by atoms with van der Waals surface area (Å²) in [6.07, 6.45) is 1.70. The molecule has 1 aliphatic rings. The second-order valence-corrected chi connectivity index (χ2v) is 4.20. The van der Waals surface area contributed by atoms with Crippen LogP contribution in [0.5, 0.6) is 0 Å². The van der Waals surface area contributed by atoms with E-state index in [-0.39, 0.29) is 6.03 Å². The molecule has 0 aromatic carbocycles. The van der Waals surface area contributed by atoms with Crippen molar-refractivity contribution in [1.82, 2.24) is 10.2 Å². The van der Waals surface area contributed by atoms with Gasteiger partial charge in [-0.25, -0.2) is 4.79 Å². The van der Waals surface area contributed by atoms with E-state index in [0.29, 0.717) is 6.54 Å². The van der Waals surface area contributed by atoms with Crippen molar-refractivity contribution in [3.8, 4) is 0 Å². The highest BCUT2D eigenvalue weighted by Crippen LogP contribution is 2.15. The van der Waals surface area contributed by atoms with Crippen LogP contribution < -0.4 is 5.32 Å². The van der Waals surface area contributed by atoms with Gasteiger partial charge in [-0.3, -0.25) is 0 Å². The average Bonchev–Trinajstić information content (AvgIpc) is 2.15. The summed E-state index contributed by atoms with van der Waals surface area (Å²) in [7, 11) is 0. The van der Waals surface area contributed by atoms with Gasteiger partial charge in [0.05, 0.1) is 6.10 Å². The zero-order valence-electron chi connectivity index (χ0n) is 8.99. The summed E-state index contributed by atoms with van der Waals surface area (Å²) in [6.45, 7) is 5.90. The number of nitrogens with one attached hydrogen (secondary N) is 1. The van der Waals surface area contributed by atoms with Gasteiger partial charge in [0, 0.05) is 19.6 Å². The standard InChI is InChI=1S/C10H20N2O2/c1-8-3-5-12(6-4-8)10(14)11-7-9(2)13/h8-9,13H,3-7H2,1-2H3,(H,11,14)/t9-/m0/s1. The van der Waals surface area contributed by atoms with Gasteiger partial charge in [-0.05, 0) is 25.7 Å². The Hall–Kier alpha value is -0.770. The van der Waals surface area contributed by atoms with Gasteiger partial charge in [0.15, 0.2) is 0 Å². The summed E-state index contributed by atoms with van der Waals surface area (Å²) < 4.78 is 0. The highest BCUT2D eigenvalue weighted by atomic mass is 16.3. The maximum Gasteiger partial charge on any atom is 0.317 e. The van der Waals surface area contributed by atoms with Crippen LogP contribution in [0.25, 0.3) is 0 Å². The molecule has 2 amide bonds. The first-order valence-corrected chi connectivity index (χ1v) is 5.30. The molecule has 0 bridgehead atoms. The molecule has 82 valence electrons. The predicted molar refractivity (Wildman–Crippen MR) is 55.1 cm³/mol. The zero-order chi connectivity index (χ0) is 10.6. The molecule has 4 heteroatoms. The number of hydrogen-bond donors (Lipinski definition) is 2. The molecule has 0 saturated carbocycles. The molecule has 4 nitrogen and oxygen atoms in total. The Morgan fingerprint density at radius 2 is 2.14 bits per heavy atom. The van der Waals surface area contributed by atoms with Crippen LogP contribution in [0.2, 0.25) is 0 Å². The van der Waals surface area contributed by atoms with E-state index in [1.54, 1.807) is 6.92 Å². The molecule has 14 heavy (non-hydrogen) atoms. The molecule has 0 spiro atoms. The van der Waals surface area contributed by atoms with Crippen LogP contribution in [0, 0.1) is 5.92 Å². The summed E-state index contributed by atoms with van der Waals surface area (Å²) >= 11 is 0. The van der Waals surface area contributed by atoms with Crippen molar-refractivity contribution < 1.29 is 9.90 Å². The number of amides is 2. The van der Waals surface area contributed by atoms with E-state index < -0.39 is 6.10 Å². The summed E-state index contributed by atoms with van der Waals surface area (Å²) in [5.74, 6) is 0.732. The number of nitrogens with zero attached hydrogens (tertiary/aromatic N) is 1. The molecule has 1 rings (SSSR count). The number of carbonyl (C=O) groups excluding carboxylic acids is 1. The Bertz CT molecular complexity index is 187. The van der Waals surface area contributed by atoms with Crippen molar-refractivity contribution in [2.75, 3.05) is 19.6 Å². The third-order valence-electron chi connectivity index (χ3n) is 2.62. The Balaban J connectivity index is 2.24. The quantitative estimate of drug-likeness (QED) is 0.693. The van der Waals surface area contributed by atoms with Crippen molar-refractivity contribution in [3.05, 3.63) is 0 Å². The third-order valence-corrected chi connectivity index (χ3v) is 2.62. The Morgan fingerprint density at radius 3 is 2.64 bits per heavy atom. The molecule has 1 fully saturated rings. The SMILES string of the molecule is CC1CCN(C(=O)NC[C@H](C)O)CC1. The van der Waals surface area contributed by atoms with Crippen LogP contribution in [-0.2, 0) is 0 Å². The number of carbonyl (C=O) groups is 1. The average molecular weight is 200 g/mol. The first-order valence-electron chi connectivity index (χ1n) is 5.30. The van der Waals surface area contributed by atoms with Gasteiger partial charge in [-0.1, -0.05) is 6.92 Å². The minimum absolute atomic E-state index is 0.0437. The lowest BCUT2D eigenvalue weighted by Crippen LogP contribution is -2.45. The molecule has 1 atom stereocenters. The van der Waals surface area contributed by atoms with Gasteiger partial charge in [0.25, 0.3) is 0 Å². The molecule has 0 aliphatic carbocycles. The number of aliphatic hydroxyl groups excluding tert-OH is 1. The lowest BCUT2D eigenvalue weighted by atomic mass is 10.00. The first-order chi connectivity index (χ1) is 6.59. The smallest absolute Gasteiger partial charge is 0.317 e. The molecular weight excluding hydrogens is 180 g/mol. The van der Waals surface area contributed by atoms with Crippen LogP contribution >= 0.6 is 0 Å². The molecule has 0 aromatic heterocycles. The highest BCUT2D eigenvalue weighted by Gasteiger charge is 2.19. The highest BCUT2D eigenvalue weighted by molar-refractivity contribution is 5.74. The summed E-state index contributed by atoms with van der Waals surface area (Å²) in [5.41, 5.74) is 0. The second kappa shape index (κ2) is 5.20. The van der Waals surface area contributed by atoms with Crippen LogP contribution in [-0.4, -0.2) is 41.8 Å². The maximum atomic E-state index is 11.5. The fourth-order valence-electron chi connectivity index (χ4n) is 1.56. The van der Waals surface area contributed by atoms with Gasteiger partial charge in [0.1, 0.15) is 0 Å². The lowest BCUT2D eigenvalue weighted by Gasteiger charge is -2.30. The predicted octanol–water partition coefficient (Wildman–Crippen LogP) is 0.809. The minimum atomic E-state index is -0.470. The summed E-state index contributed by atoms with van der Waals surface area (Å²) in [5, 5.41) is 11.7. The minimum Gasteiger partial charge on any atom is -0.392 e. The Morgan fingerprint density at radius 1 is 1.57 bits per heavy atom. The van der Waals surface area contributed by atoms with Gasteiger partial charge in [-0.15, -0.1) is 0 Å². The van der Waals surface area contributed by atoms with Crippen molar-refractivity contribution in [2.45, 2.75) is 32.8 Å². The normalized spacial score (nSPS) is 20.6. The molecule has 2 N–H and O–H groups in total. The van der Waals surface area contributed by atoms with Gasteiger partial charge in [0.2, 0.25) is 0 Å². The molecule has 0 aromatic rings. The van der Waals surface area contributed by atoms with Gasteiger partial charge >= 0.3 is 6.03 Å². The van der Waals surface area contributed by atoms with Gasteiger partial charge < -0.3 is 15.3 Å². The number of aliphatic hydroxyl groups is 1. The monoisotopic (exact) mass is 200 g/mol. The van der Waals surface area contributed by atoms with E-state index in [4.69, 9.17) is 5.11 Å². The first kappa shape index (κ1) is 11.3. The van der Waals surface area contributed by atoms with Crippen molar-refractivity contribution >= 4 is 6.03 Å². The number of rotatable bonds is 2. The van der Waals surface area contributed by atoms with Gasteiger partial charge in [-0.2, -0.15) is 0 Å². The number of likely N-dealkylation sites (tertiary alicyclic amines) is 1. The van der Waals surface area contributed by atoms with E-state index in [1.807, 2.05) is 4.90 Å². The molecule has 0 radical (unpaired) electrons. The fourth-order valence-corrected chi connectivity index (χ4v) is 1.56. The molecule has 1 saturated heterocycles. The topological polar surface area (TPSA) is 52.6 Å². The molecule has 1 aliphatic heterocycles. The van der Waals surface area contributed by atoms with E-state index in [1.165, 1.54) is 0 Å². The second-order valence-electron chi connectivity index (χ2n) is 4.20. The lowest BCUT2D eigenvalue weighted by molar-refractivity contribution is 0.158. The largest absolute Gasteiger partial charge is 0.392 e. The van der Waals surface area contributed by atoms with Crippen LogP contribution in [0.3, 0.4) is 0 Å². The maximum absolute atomic E-state index is 11.5. The van der Waals surface area contributed by atoms with E-state index in [9.17, 15) is 4.79 Å². The Kier molecular flexibility index (Phi) is 4.20.